The standard InChI is InChI=1S/C13H21.4CH3.Nb/c1-12(2,3)10-7-8-11(9-10)13(4,5)6;;;;;/h7-9H,1-6H3;4*1H3;. The van der Waals surface area contributed by atoms with Gasteiger partial charge in [0.2, 0.25) is 0 Å². The monoisotopic (exact) mass is 330 g/mol. The third kappa shape index (κ3) is 2.57. The molecule has 0 aromatic heterocycles. The zero-order valence-electron chi connectivity index (χ0n) is 14.2. The summed E-state index contributed by atoms with van der Waals surface area (Å²) in [6, 6.07) is 0. The van der Waals surface area contributed by atoms with Gasteiger partial charge in [0, 0.05) is 0 Å². The molecule has 0 bridgehead atoms. The Kier molecular flexibility index (Phi) is 3.50. The van der Waals surface area contributed by atoms with E-state index in [0.29, 0.717) is 9.05 Å². The van der Waals surface area contributed by atoms with Crippen LogP contribution in [0.5, 0.6) is 0 Å². The van der Waals surface area contributed by atoms with Gasteiger partial charge in [-0.3, -0.25) is 0 Å². The Morgan fingerprint density at radius 2 is 1.33 bits per heavy atom. The molecule has 0 saturated carbocycles. The van der Waals surface area contributed by atoms with Crippen LogP contribution in [0.15, 0.2) is 23.8 Å². The normalized spacial score (nSPS) is 27.9. The van der Waals surface area contributed by atoms with Crippen molar-refractivity contribution in [1.82, 2.24) is 0 Å². The molecule has 1 rings (SSSR count). The molecule has 0 saturated heterocycles. The molecular formula is C17H33Nb. The van der Waals surface area contributed by atoms with E-state index >= 15 is 0 Å². The summed E-state index contributed by atoms with van der Waals surface area (Å²) in [6.07, 6.45) is 7.56. The fraction of sp³-hybridized carbons (Fsp3) is 0.765. The minimum atomic E-state index is -2.63. The predicted molar refractivity (Wildman–Crippen MR) is 82.3 cm³/mol. The van der Waals surface area contributed by atoms with Gasteiger partial charge in [-0.2, -0.15) is 0 Å². The fourth-order valence-corrected chi connectivity index (χ4v) is 13.2. The topological polar surface area (TPSA) is 0 Å². The van der Waals surface area contributed by atoms with Gasteiger partial charge in [0.05, 0.1) is 0 Å². The van der Waals surface area contributed by atoms with Gasteiger partial charge in [0.1, 0.15) is 0 Å². The van der Waals surface area contributed by atoms with Crippen LogP contribution in [0.1, 0.15) is 41.5 Å². The van der Waals surface area contributed by atoms with Crippen molar-refractivity contribution in [3.8, 4) is 0 Å². The molecule has 0 aromatic carbocycles. The Morgan fingerprint density at radius 3 is 1.50 bits per heavy atom. The molecule has 1 aliphatic rings. The van der Waals surface area contributed by atoms with E-state index in [-0.39, 0.29) is 5.41 Å². The molecule has 0 heterocycles. The van der Waals surface area contributed by atoms with E-state index in [1.807, 2.05) is 0 Å². The van der Waals surface area contributed by atoms with Crippen LogP contribution in [0.2, 0.25) is 24.2 Å². The van der Waals surface area contributed by atoms with Crippen LogP contribution in [0.25, 0.3) is 0 Å². The van der Waals surface area contributed by atoms with E-state index in [4.69, 9.17) is 0 Å². The first-order valence-electron chi connectivity index (χ1n) is 7.00. The van der Waals surface area contributed by atoms with Crippen LogP contribution >= 0.6 is 0 Å². The summed E-state index contributed by atoms with van der Waals surface area (Å²) in [4.78, 5) is 0. The number of hydrogen-bond donors (Lipinski definition) is 0. The van der Waals surface area contributed by atoms with Crippen molar-refractivity contribution in [1.29, 1.82) is 0 Å². The van der Waals surface area contributed by atoms with Crippen LogP contribution < -0.4 is 0 Å². The third-order valence-corrected chi connectivity index (χ3v) is 14.0. The van der Waals surface area contributed by atoms with Crippen LogP contribution in [0.4, 0.5) is 0 Å². The Balaban J connectivity index is 3.51. The average Bonchev–Trinajstić information content (AvgIpc) is 2.41. The molecule has 0 spiro atoms. The molecule has 1 atom stereocenters. The molecular weight excluding hydrogens is 297 g/mol. The quantitative estimate of drug-likeness (QED) is 0.474. The first kappa shape index (κ1) is 16.3. The SMILES string of the molecule is CC(C)(C)C1=C[C](C(C)(C)C)([Nb]([CH3])([CH3])([CH3])[CH3])C=C1. The summed E-state index contributed by atoms with van der Waals surface area (Å²) in [7, 11) is 0. The van der Waals surface area contributed by atoms with Crippen LogP contribution in [0, 0.1) is 10.8 Å². The van der Waals surface area contributed by atoms with Gasteiger partial charge in [-0.05, 0) is 0 Å². The zero-order chi connectivity index (χ0) is 14.6. The molecule has 0 radical (unpaired) electrons. The summed E-state index contributed by atoms with van der Waals surface area (Å²) < 4.78 is 0.295. The minimum absolute atomic E-state index is 0.260. The van der Waals surface area contributed by atoms with Crippen LogP contribution in [-0.4, -0.2) is 0 Å². The van der Waals surface area contributed by atoms with Crippen molar-refractivity contribution in [2.75, 3.05) is 0 Å². The van der Waals surface area contributed by atoms with Gasteiger partial charge in [0.25, 0.3) is 0 Å². The predicted octanol–water partition coefficient (Wildman–Crippen LogP) is 6.62. The first-order valence-corrected chi connectivity index (χ1v) is 16.9. The summed E-state index contributed by atoms with van der Waals surface area (Å²) >= 11 is -2.63. The van der Waals surface area contributed by atoms with E-state index in [1.54, 1.807) is 0 Å². The van der Waals surface area contributed by atoms with Crippen LogP contribution in [0.3, 0.4) is 0 Å². The Labute approximate surface area is 116 Å². The second kappa shape index (κ2) is 3.87. The maximum atomic E-state index is 2.62. The van der Waals surface area contributed by atoms with Crippen molar-refractivity contribution in [2.24, 2.45) is 10.8 Å². The summed E-state index contributed by atoms with van der Waals surface area (Å²) in [5.74, 6) is 0. The molecule has 1 unspecified atom stereocenters. The third-order valence-electron chi connectivity index (χ3n) is 4.44. The average molecular weight is 330 g/mol. The van der Waals surface area contributed by atoms with Gasteiger partial charge < -0.3 is 0 Å². The molecule has 18 heavy (non-hydrogen) atoms. The summed E-state index contributed by atoms with van der Waals surface area (Å²) in [5.41, 5.74) is 2.07. The molecule has 1 heteroatoms. The molecule has 0 nitrogen and oxygen atoms in total. The van der Waals surface area contributed by atoms with Crippen LogP contribution in [-0.2, 0) is 15.8 Å². The number of rotatable bonds is 1. The Hall–Kier alpha value is 0.220. The van der Waals surface area contributed by atoms with Gasteiger partial charge >= 0.3 is 116 Å². The van der Waals surface area contributed by atoms with Gasteiger partial charge in [-0.25, -0.2) is 0 Å². The molecule has 1 aliphatic carbocycles. The van der Waals surface area contributed by atoms with Gasteiger partial charge in [-0.15, -0.1) is 0 Å². The summed E-state index contributed by atoms with van der Waals surface area (Å²) in [6.45, 7) is 14.2. The van der Waals surface area contributed by atoms with E-state index in [1.165, 1.54) is 5.57 Å². The summed E-state index contributed by atoms with van der Waals surface area (Å²) in [5, 5.41) is 10.3. The number of hydrogen-bond acceptors (Lipinski definition) is 0. The second-order valence-corrected chi connectivity index (χ2v) is 29.2. The van der Waals surface area contributed by atoms with E-state index in [0.717, 1.165) is 0 Å². The van der Waals surface area contributed by atoms with Crippen molar-refractivity contribution in [3.05, 3.63) is 23.8 Å². The second-order valence-electron chi connectivity index (χ2n) is 9.84. The first-order chi connectivity index (χ1) is 7.57. The maximum absolute atomic E-state index is 2.63. The van der Waals surface area contributed by atoms with Crippen molar-refractivity contribution in [2.45, 2.75) is 65.7 Å². The molecule has 0 aliphatic heterocycles. The fourth-order valence-electron chi connectivity index (χ4n) is 3.38. The van der Waals surface area contributed by atoms with Gasteiger partial charge in [-0.1, -0.05) is 0 Å². The Morgan fingerprint density at radius 1 is 0.889 bits per heavy atom. The van der Waals surface area contributed by atoms with Crippen molar-refractivity contribution < 1.29 is 15.8 Å². The Bertz CT molecular complexity index is 392. The van der Waals surface area contributed by atoms with E-state index < -0.39 is 15.8 Å². The van der Waals surface area contributed by atoms with Crippen molar-refractivity contribution in [3.63, 3.8) is 0 Å². The van der Waals surface area contributed by atoms with E-state index in [9.17, 15) is 0 Å². The van der Waals surface area contributed by atoms with Crippen molar-refractivity contribution >= 4 is 0 Å². The zero-order valence-corrected chi connectivity index (χ0v) is 16.4. The number of allylic oxidation sites excluding steroid dienone is 4. The van der Waals surface area contributed by atoms with Gasteiger partial charge in [0.15, 0.2) is 0 Å². The molecule has 0 amide bonds. The molecule has 0 aromatic rings. The molecule has 0 fully saturated rings. The molecule has 0 N–H and O–H groups in total. The molecule has 106 valence electrons. The van der Waals surface area contributed by atoms with E-state index in [2.05, 4.69) is 80.3 Å².